The molecule has 0 unspecified atom stereocenters. The molecule has 6 aliphatic heterocycles. The Morgan fingerprint density at radius 3 is 0.992 bits per heavy atom. The van der Waals surface area contributed by atoms with Gasteiger partial charge in [-0.2, -0.15) is 15.3 Å². The van der Waals surface area contributed by atoms with Gasteiger partial charge in [0, 0.05) is 198 Å². The molecule has 0 atom stereocenters. The fourth-order valence-electron chi connectivity index (χ4n) is 17.7. The quantitative estimate of drug-likeness (QED) is 0.0333. The molecule has 22 nitrogen and oxygen atoms in total. The number of aromatic nitrogens is 12. The number of piperidine rings is 6. The average Bonchev–Trinajstić information content (AvgIpc) is 1.66. The summed E-state index contributed by atoms with van der Waals surface area (Å²) in [4.78, 5) is 53.1. The highest BCUT2D eigenvalue weighted by atomic mass is 35.5. The number of rotatable bonds is 22. The standard InChI is InChI=1S/C33H38ClN7O.C31H36ClN7.C30H34ClN7/c1-2-29(42)41-20-13-25(14-21-41)32-30(31(38-39-32)24-8-10-26(34)11-9-24)28-12-17-35-33(37-28)36-27-15-18-40(19-16-27)22-23-6-4-3-5-7-23;1-38-17-12-24(13-18-38)30-28(29(36-37-30)23-7-9-25(32)10-8-23)27-11-16-33-31(35-27)34-26-14-19-39(20-15-26)21-22-5-3-2-4-6-22;31-24-8-6-22(7-9-24)28-27(29(37-36-28)23-10-15-32-16-11-23)26-12-17-33-30(35-26)34-25-13-18-38(19-14-25)20-21-4-2-1-3-5-21/h3-12,17,25,27H,2,13-16,18-22H2,1H3,(H,38,39)(H,35,36,37);2-11,16,24,26H,12-15,17-21H2,1H3,(H,36,37)(H,33,34,35);1-9,12,17,23,25,32H,10-11,13-16,18-20H2,(H,36,37)(H,33,34,35). The summed E-state index contributed by atoms with van der Waals surface area (Å²) in [6.07, 6.45) is 18.6. The second-order valence-electron chi connectivity index (χ2n) is 32.6. The molecular formula is C94H108Cl3N21O. The highest BCUT2D eigenvalue weighted by molar-refractivity contribution is 6.31. The Morgan fingerprint density at radius 2 is 0.681 bits per heavy atom. The highest BCUT2D eigenvalue weighted by Gasteiger charge is 2.33. The van der Waals surface area contributed by atoms with Gasteiger partial charge in [0.25, 0.3) is 0 Å². The van der Waals surface area contributed by atoms with E-state index in [0.29, 0.717) is 64.3 Å². The molecule has 6 saturated heterocycles. The number of nitrogens with one attached hydrogen (secondary N) is 7. The van der Waals surface area contributed by atoms with Crippen LogP contribution in [0.2, 0.25) is 15.1 Å². The van der Waals surface area contributed by atoms with Crippen molar-refractivity contribution < 1.29 is 4.79 Å². The summed E-state index contributed by atoms with van der Waals surface area (Å²) in [5.74, 6) is 3.33. The normalized spacial score (nSPS) is 17.4. The number of amides is 1. The maximum Gasteiger partial charge on any atom is 0.223 e. The monoisotopic (exact) mass is 1650 g/mol. The van der Waals surface area contributed by atoms with Crippen LogP contribution < -0.4 is 21.3 Å². The van der Waals surface area contributed by atoms with E-state index in [0.717, 1.165) is 259 Å². The average molecular weight is 1650 g/mol. The van der Waals surface area contributed by atoms with Crippen molar-refractivity contribution in [2.45, 2.75) is 146 Å². The molecule has 25 heteroatoms. The van der Waals surface area contributed by atoms with E-state index < -0.39 is 0 Å². The van der Waals surface area contributed by atoms with Crippen LogP contribution in [0.1, 0.15) is 142 Å². The number of benzene rings is 6. The third-order valence-electron chi connectivity index (χ3n) is 24.4. The second-order valence-corrected chi connectivity index (χ2v) is 33.9. The number of carbonyl (C=O) groups excluding carboxylic acids is 1. The van der Waals surface area contributed by atoms with Crippen molar-refractivity contribution >= 4 is 58.6 Å². The molecule has 12 aromatic rings. The smallest absolute Gasteiger partial charge is 0.223 e. The molecule has 6 aromatic heterocycles. The van der Waals surface area contributed by atoms with Gasteiger partial charge in [-0.15, -0.1) is 0 Å². The van der Waals surface area contributed by atoms with E-state index in [1.54, 1.807) is 0 Å². The minimum Gasteiger partial charge on any atom is -0.351 e. The lowest BCUT2D eigenvalue weighted by atomic mass is 9.88. The van der Waals surface area contributed by atoms with Crippen LogP contribution in [0.5, 0.6) is 0 Å². The molecule has 0 bridgehead atoms. The molecule has 616 valence electrons. The van der Waals surface area contributed by atoms with Gasteiger partial charge >= 0.3 is 0 Å². The molecule has 0 aliphatic carbocycles. The van der Waals surface area contributed by atoms with Gasteiger partial charge in [0.1, 0.15) is 17.1 Å². The number of halogens is 3. The highest BCUT2D eigenvalue weighted by Crippen LogP contribution is 2.44. The van der Waals surface area contributed by atoms with Crippen molar-refractivity contribution in [3.8, 4) is 67.5 Å². The van der Waals surface area contributed by atoms with Crippen molar-refractivity contribution in [2.24, 2.45) is 0 Å². The summed E-state index contributed by atoms with van der Waals surface area (Å²) in [6, 6.07) is 62.7. The lowest BCUT2D eigenvalue weighted by Gasteiger charge is -2.32. The van der Waals surface area contributed by atoms with Crippen LogP contribution in [0.25, 0.3) is 67.5 Å². The van der Waals surface area contributed by atoms with Gasteiger partial charge in [-0.1, -0.05) is 169 Å². The van der Waals surface area contributed by atoms with Crippen LogP contribution in [0, 0.1) is 0 Å². The van der Waals surface area contributed by atoms with E-state index in [9.17, 15) is 4.79 Å². The van der Waals surface area contributed by atoms with Crippen molar-refractivity contribution in [3.05, 3.63) is 249 Å². The first kappa shape index (κ1) is 82.4. The predicted molar refractivity (Wildman–Crippen MR) is 478 cm³/mol. The Labute approximate surface area is 713 Å². The van der Waals surface area contributed by atoms with Crippen LogP contribution in [0.3, 0.4) is 0 Å². The minimum absolute atomic E-state index is 0.220. The van der Waals surface area contributed by atoms with Crippen molar-refractivity contribution in [3.63, 3.8) is 0 Å². The zero-order valence-corrected chi connectivity index (χ0v) is 70.4. The minimum atomic E-state index is 0.220. The number of nitrogens with zero attached hydrogens (tertiary/aromatic N) is 14. The summed E-state index contributed by atoms with van der Waals surface area (Å²) < 4.78 is 0. The molecular weight excluding hydrogens is 1550 g/mol. The number of hydrogen-bond donors (Lipinski definition) is 7. The maximum absolute atomic E-state index is 12.3. The predicted octanol–water partition coefficient (Wildman–Crippen LogP) is 18.2. The number of carbonyl (C=O) groups is 1. The Hall–Kier alpha value is -10.3. The molecule has 0 spiro atoms. The molecule has 1 amide bonds. The summed E-state index contributed by atoms with van der Waals surface area (Å²) in [6.45, 7) is 17.0. The third-order valence-corrected chi connectivity index (χ3v) is 25.2. The van der Waals surface area contributed by atoms with Crippen molar-refractivity contribution in [1.29, 1.82) is 0 Å². The lowest BCUT2D eigenvalue weighted by molar-refractivity contribution is -0.131. The maximum atomic E-state index is 12.3. The number of H-pyrrole nitrogens is 3. The van der Waals surface area contributed by atoms with Crippen LogP contribution in [-0.2, 0) is 24.4 Å². The van der Waals surface area contributed by atoms with Crippen LogP contribution in [-0.4, -0.2) is 195 Å². The summed E-state index contributed by atoms with van der Waals surface area (Å²) >= 11 is 18.6. The number of anilines is 3. The van der Waals surface area contributed by atoms with Crippen LogP contribution in [0.4, 0.5) is 17.8 Å². The molecule has 6 fully saturated rings. The first-order valence-corrected chi connectivity index (χ1v) is 43.8. The molecule has 7 N–H and O–H groups in total. The molecule has 0 saturated carbocycles. The van der Waals surface area contributed by atoms with E-state index in [1.807, 2.05) is 121 Å². The molecule has 6 aliphatic rings. The Bertz CT molecular complexity index is 5180. The van der Waals surface area contributed by atoms with Gasteiger partial charge in [0.15, 0.2) is 0 Å². The molecule has 6 aromatic carbocycles. The molecule has 12 heterocycles. The molecule has 0 radical (unpaired) electrons. The Balaban J connectivity index is 0.000000133. The second kappa shape index (κ2) is 40.2. The van der Waals surface area contributed by atoms with Crippen LogP contribution in [0.15, 0.2) is 201 Å². The Morgan fingerprint density at radius 1 is 0.378 bits per heavy atom. The largest absolute Gasteiger partial charge is 0.351 e. The van der Waals surface area contributed by atoms with Gasteiger partial charge < -0.3 is 31.1 Å². The van der Waals surface area contributed by atoms with Gasteiger partial charge in [0.2, 0.25) is 23.8 Å². The van der Waals surface area contributed by atoms with E-state index >= 15 is 0 Å². The number of hydrogen-bond acceptors (Lipinski definition) is 18. The molecule has 18 rings (SSSR count). The van der Waals surface area contributed by atoms with E-state index in [1.165, 1.54) is 22.4 Å². The summed E-state index contributed by atoms with van der Waals surface area (Å²) in [7, 11) is 2.19. The SMILES string of the molecule is CCC(=O)N1CCC(c2[nH]nc(-c3ccc(Cl)cc3)c2-c2ccnc(NC3CCN(Cc4ccccc4)CC3)n2)CC1.CN1CCC(c2[nH]nc(-c3ccc(Cl)cc3)c2-c2ccnc(NC3CCN(Cc4ccccc4)CC3)n2)CC1.Clc1ccc(-c2n[nH]c(C3CCNCC3)c2-c2ccnc(NC3CCN(Cc4ccccc4)CC3)n2)cc1. The van der Waals surface area contributed by atoms with Gasteiger partial charge in [-0.3, -0.25) is 34.8 Å². The van der Waals surface area contributed by atoms with Gasteiger partial charge in [-0.25, -0.2) is 29.9 Å². The fraction of sp³-hybridized carbons (Fsp3) is 0.383. The number of likely N-dealkylation sites (tertiary alicyclic amines) is 5. The van der Waals surface area contributed by atoms with E-state index in [2.05, 4.69) is 169 Å². The Kier molecular flexibility index (Phi) is 27.8. The van der Waals surface area contributed by atoms with E-state index in [-0.39, 0.29) is 11.8 Å². The van der Waals surface area contributed by atoms with Crippen molar-refractivity contribution in [2.75, 3.05) is 102 Å². The lowest BCUT2D eigenvalue weighted by Crippen LogP contribution is -2.39. The van der Waals surface area contributed by atoms with E-state index in [4.69, 9.17) is 65.1 Å². The van der Waals surface area contributed by atoms with Crippen LogP contribution >= 0.6 is 34.8 Å². The summed E-state index contributed by atoms with van der Waals surface area (Å²) in [5.41, 5.74) is 19.0. The molecule has 119 heavy (non-hydrogen) atoms. The first-order chi connectivity index (χ1) is 58.4. The number of aromatic amines is 3. The van der Waals surface area contributed by atoms with Gasteiger partial charge in [-0.05, 0) is 182 Å². The summed E-state index contributed by atoms with van der Waals surface area (Å²) in [5, 5.41) is 41.0. The zero-order valence-electron chi connectivity index (χ0n) is 68.1. The third kappa shape index (κ3) is 21.5. The zero-order chi connectivity index (χ0) is 81.2. The first-order valence-electron chi connectivity index (χ1n) is 42.7. The van der Waals surface area contributed by atoms with Gasteiger partial charge in [0.05, 0.1) is 17.1 Å². The van der Waals surface area contributed by atoms with Crippen molar-refractivity contribution in [1.82, 2.24) is 90.3 Å². The fourth-order valence-corrected chi connectivity index (χ4v) is 18.1. The topological polar surface area (TPSA) is 245 Å².